The van der Waals surface area contributed by atoms with Gasteiger partial charge in [0.2, 0.25) is 0 Å². The topological polar surface area (TPSA) is 58.2 Å². The lowest BCUT2D eigenvalue weighted by atomic mass is 10.2. The Morgan fingerprint density at radius 1 is 1.25 bits per heavy atom. The van der Waals surface area contributed by atoms with Crippen LogP contribution in [0.5, 0.6) is 0 Å². The zero-order chi connectivity index (χ0) is 12.1. The highest BCUT2D eigenvalue weighted by Gasteiger charge is 2.10. The largest absolute Gasteiger partial charge is 0.328 e. The average molecular weight is 241 g/mol. The summed E-state index contributed by atoms with van der Waals surface area (Å²) in [5, 5.41) is 5.70. The summed E-state index contributed by atoms with van der Waals surface area (Å²) in [6.07, 6.45) is 0. The molecule has 0 aromatic heterocycles. The van der Waals surface area contributed by atoms with Crippen molar-refractivity contribution in [2.45, 2.75) is 19.9 Å². The van der Waals surface area contributed by atoms with Gasteiger partial charge in [-0.3, -0.25) is 4.79 Å². The number of rotatable bonds is 3. The van der Waals surface area contributed by atoms with E-state index in [4.69, 9.17) is 11.6 Å². The first kappa shape index (κ1) is 12.5. The molecule has 1 aromatic carbocycles. The van der Waals surface area contributed by atoms with Gasteiger partial charge in [0.1, 0.15) is 0 Å². The molecule has 0 spiro atoms. The van der Waals surface area contributed by atoms with Crippen molar-refractivity contribution >= 4 is 29.1 Å². The van der Waals surface area contributed by atoms with E-state index >= 15 is 0 Å². The van der Waals surface area contributed by atoms with Crippen LogP contribution in [0.4, 0.5) is 10.5 Å². The minimum Gasteiger partial charge on any atom is -0.328 e. The van der Waals surface area contributed by atoms with Crippen LogP contribution in [0, 0.1) is 0 Å². The number of carbonyl (C=O) groups excluding carboxylic acids is 2. The van der Waals surface area contributed by atoms with Crippen LogP contribution in [0.15, 0.2) is 24.3 Å². The van der Waals surface area contributed by atoms with E-state index in [0.29, 0.717) is 10.7 Å². The summed E-state index contributed by atoms with van der Waals surface area (Å²) in [4.78, 5) is 22.3. The molecule has 0 fully saturated rings. The van der Waals surface area contributed by atoms with Crippen molar-refractivity contribution < 1.29 is 9.59 Å². The summed E-state index contributed by atoms with van der Waals surface area (Å²) in [6.45, 7) is 3.05. The SMILES string of the molecule is CC(=O)C(C)NC(=O)Nc1ccc(Cl)cc1. The van der Waals surface area contributed by atoms with Gasteiger partial charge in [-0.05, 0) is 38.1 Å². The predicted molar refractivity (Wildman–Crippen MR) is 63.7 cm³/mol. The van der Waals surface area contributed by atoms with Gasteiger partial charge in [-0.15, -0.1) is 0 Å². The monoisotopic (exact) mass is 240 g/mol. The molecule has 0 heterocycles. The Kier molecular flexibility index (Phi) is 4.31. The summed E-state index contributed by atoms with van der Waals surface area (Å²) in [5.74, 6) is -0.0914. The van der Waals surface area contributed by atoms with Crippen molar-refractivity contribution in [2.24, 2.45) is 0 Å². The molecular weight excluding hydrogens is 228 g/mol. The van der Waals surface area contributed by atoms with Crippen molar-refractivity contribution in [3.63, 3.8) is 0 Å². The first-order chi connectivity index (χ1) is 7.49. The molecule has 0 bridgehead atoms. The molecule has 1 atom stereocenters. The van der Waals surface area contributed by atoms with Crippen LogP contribution in [-0.4, -0.2) is 17.9 Å². The lowest BCUT2D eigenvalue weighted by Crippen LogP contribution is -2.39. The van der Waals surface area contributed by atoms with Gasteiger partial charge in [0.15, 0.2) is 5.78 Å². The van der Waals surface area contributed by atoms with E-state index in [1.807, 2.05) is 0 Å². The van der Waals surface area contributed by atoms with Crippen LogP contribution >= 0.6 is 11.6 Å². The maximum absolute atomic E-state index is 11.4. The number of benzene rings is 1. The molecule has 16 heavy (non-hydrogen) atoms. The van der Waals surface area contributed by atoms with Crippen LogP contribution in [0.25, 0.3) is 0 Å². The van der Waals surface area contributed by atoms with Crippen molar-refractivity contribution in [3.05, 3.63) is 29.3 Å². The highest BCUT2D eigenvalue weighted by molar-refractivity contribution is 6.30. The maximum Gasteiger partial charge on any atom is 0.319 e. The van der Waals surface area contributed by atoms with Gasteiger partial charge in [-0.2, -0.15) is 0 Å². The normalized spacial score (nSPS) is 11.7. The molecule has 0 radical (unpaired) electrons. The number of anilines is 1. The van der Waals surface area contributed by atoms with Crippen LogP contribution in [0.3, 0.4) is 0 Å². The Labute approximate surface area is 99.0 Å². The fraction of sp³-hybridized carbons (Fsp3) is 0.273. The highest BCUT2D eigenvalue weighted by Crippen LogP contribution is 2.13. The van der Waals surface area contributed by atoms with Gasteiger partial charge in [0, 0.05) is 10.7 Å². The van der Waals surface area contributed by atoms with Gasteiger partial charge < -0.3 is 10.6 Å². The number of carbonyl (C=O) groups is 2. The van der Waals surface area contributed by atoms with Crippen molar-refractivity contribution in [1.82, 2.24) is 5.32 Å². The molecule has 0 aliphatic rings. The predicted octanol–water partition coefficient (Wildman–Crippen LogP) is 2.44. The van der Waals surface area contributed by atoms with Crippen molar-refractivity contribution in [2.75, 3.05) is 5.32 Å². The minimum absolute atomic E-state index is 0.0914. The molecule has 2 amide bonds. The van der Waals surface area contributed by atoms with E-state index < -0.39 is 12.1 Å². The quantitative estimate of drug-likeness (QED) is 0.853. The van der Waals surface area contributed by atoms with E-state index in [9.17, 15) is 9.59 Å². The molecule has 1 unspecified atom stereocenters. The van der Waals surface area contributed by atoms with E-state index in [0.717, 1.165) is 0 Å². The lowest BCUT2D eigenvalue weighted by molar-refractivity contribution is -0.118. The summed E-state index contributed by atoms with van der Waals surface area (Å²) >= 11 is 5.70. The Hall–Kier alpha value is -1.55. The Morgan fingerprint density at radius 3 is 2.31 bits per heavy atom. The van der Waals surface area contributed by atoms with Gasteiger partial charge in [0.25, 0.3) is 0 Å². The third kappa shape index (κ3) is 3.90. The zero-order valence-corrected chi connectivity index (χ0v) is 9.84. The lowest BCUT2D eigenvalue weighted by Gasteiger charge is -2.11. The van der Waals surface area contributed by atoms with Gasteiger partial charge >= 0.3 is 6.03 Å². The van der Waals surface area contributed by atoms with Crippen molar-refractivity contribution in [1.29, 1.82) is 0 Å². The molecule has 0 saturated carbocycles. The number of hydrogen-bond donors (Lipinski definition) is 2. The number of urea groups is 1. The smallest absolute Gasteiger partial charge is 0.319 e. The third-order valence-electron chi connectivity index (χ3n) is 2.06. The molecule has 1 aromatic rings. The van der Waals surface area contributed by atoms with Crippen molar-refractivity contribution in [3.8, 4) is 0 Å². The number of halogens is 1. The number of nitrogens with one attached hydrogen (secondary N) is 2. The van der Waals surface area contributed by atoms with E-state index in [-0.39, 0.29) is 5.78 Å². The first-order valence-electron chi connectivity index (χ1n) is 4.82. The molecule has 1 rings (SSSR count). The summed E-state index contributed by atoms with van der Waals surface area (Å²) in [7, 11) is 0. The number of ketones is 1. The fourth-order valence-corrected chi connectivity index (χ4v) is 1.12. The first-order valence-corrected chi connectivity index (χ1v) is 5.20. The summed E-state index contributed by atoms with van der Waals surface area (Å²) in [6, 6.07) is 5.80. The third-order valence-corrected chi connectivity index (χ3v) is 2.31. The Balaban J connectivity index is 2.52. The average Bonchev–Trinajstić information content (AvgIpc) is 2.21. The molecular formula is C11H13ClN2O2. The molecule has 0 saturated heterocycles. The zero-order valence-electron chi connectivity index (χ0n) is 9.08. The summed E-state index contributed by atoms with van der Waals surface area (Å²) in [5.41, 5.74) is 0.623. The Bertz CT molecular complexity index is 389. The molecule has 0 aliphatic heterocycles. The molecule has 4 nitrogen and oxygen atoms in total. The van der Waals surface area contributed by atoms with Crippen LogP contribution in [0.2, 0.25) is 5.02 Å². The number of amides is 2. The van der Waals surface area contributed by atoms with E-state index in [2.05, 4.69) is 10.6 Å². The number of hydrogen-bond acceptors (Lipinski definition) is 2. The second kappa shape index (κ2) is 5.51. The second-order valence-corrected chi connectivity index (χ2v) is 3.87. The Morgan fingerprint density at radius 2 is 1.81 bits per heavy atom. The second-order valence-electron chi connectivity index (χ2n) is 3.44. The fourth-order valence-electron chi connectivity index (χ4n) is 0.999. The van der Waals surface area contributed by atoms with Gasteiger partial charge in [0.05, 0.1) is 6.04 Å². The molecule has 2 N–H and O–H groups in total. The standard InChI is InChI=1S/C11H13ClN2O2/c1-7(8(2)15)13-11(16)14-10-5-3-9(12)4-6-10/h3-7H,1-2H3,(H2,13,14,16). The molecule has 86 valence electrons. The van der Waals surface area contributed by atoms with Gasteiger partial charge in [-0.25, -0.2) is 4.79 Å². The molecule has 0 aliphatic carbocycles. The van der Waals surface area contributed by atoms with Crippen LogP contribution < -0.4 is 10.6 Å². The molecule has 5 heteroatoms. The summed E-state index contributed by atoms with van der Waals surface area (Å²) < 4.78 is 0. The van der Waals surface area contributed by atoms with E-state index in [1.165, 1.54) is 6.92 Å². The van der Waals surface area contributed by atoms with Crippen LogP contribution in [-0.2, 0) is 4.79 Å². The highest BCUT2D eigenvalue weighted by atomic mass is 35.5. The minimum atomic E-state index is -0.493. The number of Topliss-reactive ketones (excluding diaryl/α,β-unsaturated/α-hetero) is 1. The van der Waals surface area contributed by atoms with E-state index in [1.54, 1.807) is 31.2 Å². The van der Waals surface area contributed by atoms with Crippen LogP contribution in [0.1, 0.15) is 13.8 Å². The van der Waals surface area contributed by atoms with Gasteiger partial charge in [-0.1, -0.05) is 11.6 Å². The maximum atomic E-state index is 11.4.